The molecule has 0 amide bonds. The van der Waals surface area contributed by atoms with Crippen LogP contribution in [0.4, 0.5) is 0 Å². The molecule has 0 unspecified atom stereocenters. The molecule has 0 aliphatic carbocycles. The van der Waals surface area contributed by atoms with Gasteiger partial charge in [0.2, 0.25) is 0 Å². The second-order valence-electron chi connectivity index (χ2n) is 7.30. The van der Waals surface area contributed by atoms with Gasteiger partial charge >= 0.3 is 51.4 Å². The fourth-order valence-corrected chi connectivity index (χ4v) is 15.0. The Morgan fingerprint density at radius 3 is 1.15 bits per heavy atom. The fraction of sp³-hybridized carbons (Fsp3) is 0.455. The minimum absolute atomic E-state index is 0. The topological polar surface area (TPSA) is 14.1 Å². The molecule has 0 aliphatic heterocycles. The van der Waals surface area contributed by atoms with Crippen LogP contribution in [0.3, 0.4) is 0 Å². The number of nitrogens with zero attached hydrogens (tertiary/aromatic N) is 1. The Balaban J connectivity index is 0.00000338. The van der Waals surface area contributed by atoms with Gasteiger partial charge in [0.1, 0.15) is 0 Å². The van der Waals surface area contributed by atoms with E-state index in [1.807, 2.05) is 0 Å². The Kier molecular flexibility index (Phi) is 11.4. The molecule has 0 N–H and O–H groups in total. The molecule has 1 nitrogen and oxygen atoms in total. The number of rotatable bonds is 10. The molecular formula is C22H34KNSi2. The van der Waals surface area contributed by atoms with E-state index in [4.69, 9.17) is 4.65 Å². The van der Waals surface area contributed by atoms with Crippen molar-refractivity contribution in [2.75, 3.05) is 0 Å². The molecule has 0 saturated heterocycles. The summed E-state index contributed by atoms with van der Waals surface area (Å²) >= 11 is 0. The molecular weight excluding hydrogens is 374 g/mol. The molecule has 0 saturated carbocycles. The van der Waals surface area contributed by atoms with E-state index in [9.17, 15) is 0 Å². The first-order valence-electron chi connectivity index (χ1n) is 9.93. The SMILES string of the molecule is CC[Si](CC)(Cc1ccccc1)[N-][Si](CC)(CC)Cc1ccccc1.[K+]. The molecule has 2 rings (SSSR count). The average molecular weight is 408 g/mol. The van der Waals surface area contributed by atoms with E-state index in [0.29, 0.717) is 0 Å². The summed E-state index contributed by atoms with van der Waals surface area (Å²) in [5.41, 5.74) is 2.97. The third-order valence-corrected chi connectivity index (χ3v) is 17.1. The van der Waals surface area contributed by atoms with Gasteiger partial charge in [-0.15, -0.1) is 0 Å². The van der Waals surface area contributed by atoms with Crippen LogP contribution in [0.5, 0.6) is 0 Å². The van der Waals surface area contributed by atoms with Crippen molar-refractivity contribution < 1.29 is 51.4 Å². The van der Waals surface area contributed by atoms with Crippen LogP contribution in [0.2, 0.25) is 24.2 Å². The van der Waals surface area contributed by atoms with Gasteiger partial charge in [-0.1, -0.05) is 152 Å². The van der Waals surface area contributed by atoms with Gasteiger partial charge in [-0.3, -0.25) is 0 Å². The zero-order valence-corrected chi connectivity index (χ0v) is 22.6. The van der Waals surface area contributed by atoms with Crippen molar-refractivity contribution in [3.63, 3.8) is 0 Å². The largest absolute Gasteiger partial charge is 1.00 e. The van der Waals surface area contributed by atoms with Crippen molar-refractivity contribution in [3.05, 3.63) is 76.4 Å². The van der Waals surface area contributed by atoms with Gasteiger partial charge in [-0.25, -0.2) is 0 Å². The van der Waals surface area contributed by atoms with Gasteiger partial charge in [0.05, 0.1) is 0 Å². The van der Waals surface area contributed by atoms with E-state index < -0.39 is 16.5 Å². The second-order valence-corrected chi connectivity index (χ2v) is 16.6. The average Bonchev–Trinajstić information content (AvgIpc) is 2.68. The predicted molar refractivity (Wildman–Crippen MR) is 117 cm³/mol. The maximum absolute atomic E-state index is 5.88. The van der Waals surface area contributed by atoms with E-state index >= 15 is 0 Å². The normalized spacial score (nSPS) is 11.8. The van der Waals surface area contributed by atoms with Gasteiger partial charge < -0.3 is 4.65 Å². The third-order valence-electron chi connectivity index (χ3n) is 5.86. The summed E-state index contributed by atoms with van der Waals surface area (Å²) in [7, 11) is -3.26. The van der Waals surface area contributed by atoms with Crippen molar-refractivity contribution in [1.29, 1.82) is 0 Å². The summed E-state index contributed by atoms with van der Waals surface area (Å²) in [5, 5.41) is 0. The first-order chi connectivity index (χ1) is 12.1. The van der Waals surface area contributed by atoms with Crippen LogP contribution in [0.25, 0.3) is 4.65 Å². The van der Waals surface area contributed by atoms with Crippen LogP contribution in [0.1, 0.15) is 38.8 Å². The maximum atomic E-state index is 5.88. The van der Waals surface area contributed by atoms with Gasteiger partial charge in [-0.05, 0) is 0 Å². The smallest absolute Gasteiger partial charge is 0.666 e. The van der Waals surface area contributed by atoms with Crippen LogP contribution < -0.4 is 51.4 Å². The Hall–Kier alpha value is 0.470. The van der Waals surface area contributed by atoms with Crippen LogP contribution in [-0.4, -0.2) is 16.5 Å². The molecule has 4 heteroatoms. The van der Waals surface area contributed by atoms with Crippen LogP contribution >= 0.6 is 0 Å². The van der Waals surface area contributed by atoms with E-state index in [1.165, 1.54) is 47.4 Å². The molecule has 136 valence electrons. The summed E-state index contributed by atoms with van der Waals surface area (Å²) in [6.07, 6.45) is 0. The van der Waals surface area contributed by atoms with Gasteiger partial charge in [0.15, 0.2) is 0 Å². The van der Waals surface area contributed by atoms with Crippen molar-refractivity contribution in [2.24, 2.45) is 0 Å². The minimum atomic E-state index is -1.63. The van der Waals surface area contributed by atoms with Crippen molar-refractivity contribution in [1.82, 2.24) is 0 Å². The number of hydrogen-bond donors (Lipinski definition) is 0. The van der Waals surface area contributed by atoms with Crippen molar-refractivity contribution >= 4 is 16.5 Å². The van der Waals surface area contributed by atoms with Crippen molar-refractivity contribution in [2.45, 2.75) is 64.0 Å². The van der Waals surface area contributed by atoms with Crippen LogP contribution in [0, 0.1) is 0 Å². The monoisotopic (exact) mass is 407 g/mol. The summed E-state index contributed by atoms with van der Waals surface area (Å²) in [6, 6.07) is 29.6. The molecule has 0 aromatic heterocycles. The van der Waals surface area contributed by atoms with Crippen LogP contribution in [-0.2, 0) is 12.1 Å². The molecule has 0 aliphatic rings. The fourth-order valence-electron chi connectivity index (χ4n) is 3.85. The summed E-state index contributed by atoms with van der Waals surface area (Å²) < 4.78 is 5.88. The van der Waals surface area contributed by atoms with Gasteiger partial charge in [0.25, 0.3) is 0 Å². The molecule has 26 heavy (non-hydrogen) atoms. The first kappa shape index (κ1) is 24.5. The van der Waals surface area contributed by atoms with E-state index in [0.717, 1.165) is 0 Å². The van der Waals surface area contributed by atoms with E-state index in [1.54, 1.807) is 0 Å². The number of benzene rings is 2. The van der Waals surface area contributed by atoms with Crippen molar-refractivity contribution in [3.8, 4) is 0 Å². The summed E-state index contributed by atoms with van der Waals surface area (Å²) in [6.45, 7) is 9.54. The minimum Gasteiger partial charge on any atom is -0.666 e. The standard InChI is InChI=1S/C22H34NSi2.K/c1-5-24(6-2,19-21-15-11-9-12-16-21)23-25(7-3,8-4)20-22-17-13-10-14-18-22;/h9-18H,5-8,19-20H2,1-4H3;/q-1;+1. The Morgan fingerprint density at radius 2 is 0.885 bits per heavy atom. The second kappa shape index (κ2) is 12.1. The molecule has 2 aromatic carbocycles. The Morgan fingerprint density at radius 1 is 0.577 bits per heavy atom. The number of hydrogen-bond acceptors (Lipinski definition) is 0. The molecule has 0 atom stereocenters. The molecule has 0 radical (unpaired) electrons. The Bertz CT molecular complexity index is 555. The quantitative estimate of drug-likeness (QED) is 0.530. The first-order valence-corrected chi connectivity index (χ1v) is 15.1. The van der Waals surface area contributed by atoms with Gasteiger partial charge in [0, 0.05) is 0 Å². The molecule has 0 fully saturated rings. The predicted octanol–water partition coefficient (Wildman–Crippen LogP) is 3.90. The zero-order valence-electron chi connectivity index (χ0n) is 17.5. The molecule has 0 heterocycles. The van der Waals surface area contributed by atoms with Gasteiger partial charge in [-0.2, -0.15) is 0 Å². The van der Waals surface area contributed by atoms with E-state index in [2.05, 4.69) is 88.4 Å². The summed E-state index contributed by atoms with van der Waals surface area (Å²) in [4.78, 5) is 0. The third kappa shape index (κ3) is 6.82. The molecule has 0 bridgehead atoms. The summed E-state index contributed by atoms with van der Waals surface area (Å²) in [5.74, 6) is 0. The molecule has 0 spiro atoms. The van der Waals surface area contributed by atoms with Crippen LogP contribution in [0.15, 0.2) is 60.7 Å². The zero-order chi connectivity index (χ0) is 18.2. The maximum Gasteiger partial charge on any atom is 1.00 e. The Labute approximate surface area is 206 Å². The molecule has 2 aromatic rings. The van der Waals surface area contributed by atoms with E-state index in [-0.39, 0.29) is 51.4 Å².